The zero-order chi connectivity index (χ0) is 34.8. The Morgan fingerprint density at radius 1 is 0.886 bits per heavy atom. The molecule has 0 aromatic carbocycles. The second kappa shape index (κ2) is 28.3. The quantitative estimate of drug-likeness (QED) is 0.0890. The lowest BCUT2D eigenvalue weighted by Crippen LogP contribution is -2.18. The number of allylic oxidation sites excluding steroid dienone is 9. The molecule has 3 nitrogen and oxygen atoms in total. The lowest BCUT2D eigenvalue weighted by Gasteiger charge is -2.23. The monoisotopic (exact) mass is 619 g/mol. The van der Waals surface area contributed by atoms with Crippen LogP contribution in [0.3, 0.4) is 0 Å². The molecule has 0 aromatic rings. The predicted octanol–water partition coefficient (Wildman–Crippen LogP) is 12.3. The number of esters is 1. The van der Waals surface area contributed by atoms with Crippen LogP contribution in [0.4, 0.5) is 4.39 Å². The van der Waals surface area contributed by atoms with Crippen molar-refractivity contribution in [3.8, 4) is 0 Å². The van der Waals surface area contributed by atoms with Gasteiger partial charge in [-0.2, -0.15) is 0 Å². The van der Waals surface area contributed by atoms with Crippen molar-refractivity contribution in [2.24, 2.45) is 29.6 Å². The summed E-state index contributed by atoms with van der Waals surface area (Å²) >= 11 is 0. The average molecular weight is 619 g/mol. The van der Waals surface area contributed by atoms with Crippen LogP contribution in [-0.2, 0) is 9.53 Å². The summed E-state index contributed by atoms with van der Waals surface area (Å²) in [7, 11) is 0. The lowest BCUT2D eigenvalue weighted by atomic mass is 9.82. The smallest absolute Gasteiger partial charge is 0.333 e. The Morgan fingerprint density at radius 3 is 1.82 bits per heavy atom. The van der Waals surface area contributed by atoms with Crippen LogP contribution < -0.4 is 0 Å². The van der Waals surface area contributed by atoms with Crippen molar-refractivity contribution in [3.05, 3.63) is 71.2 Å². The van der Waals surface area contributed by atoms with Crippen molar-refractivity contribution in [2.45, 2.75) is 135 Å². The van der Waals surface area contributed by atoms with E-state index in [1.165, 1.54) is 36.5 Å². The first kappa shape index (κ1) is 46.2. The first-order valence-corrected chi connectivity index (χ1v) is 17.1. The molecule has 0 aliphatic heterocycles. The molecule has 0 spiro atoms. The lowest BCUT2D eigenvalue weighted by molar-refractivity contribution is -0.140. The maximum absolute atomic E-state index is 15.1. The highest BCUT2D eigenvalue weighted by Crippen LogP contribution is 2.30. The van der Waals surface area contributed by atoms with Gasteiger partial charge in [-0.05, 0) is 107 Å². The van der Waals surface area contributed by atoms with Crippen LogP contribution in [-0.4, -0.2) is 24.3 Å². The van der Waals surface area contributed by atoms with Gasteiger partial charge in [0.15, 0.2) is 0 Å². The molecule has 0 aromatic heterocycles. The standard InChI is InChI=1S/C35H57FO3.C3H8.C2H6/c1-12-25(5)14-15-26(6)27(7)16-17-28(8)29(9)18-19-30(10)31(11)34(36)21-32(13-2)20-33(22-37)23-39-35(38)24(3)4;1-3-2;1-2/h13-15,21,27-30,33,37H,2-3,12,16-20,22-23H2,1,4-11H3;3H2,1-2H3;1-2H3/b25-14+,26-15+,32-21+,34-31-;;. The molecule has 44 heavy (non-hydrogen) atoms. The third-order valence-electron chi connectivity index (χ3n) is 8.32. The average Bonchev–Trinajstić information content (AvgIpc) is 3.02. The predicted molar refractivity (Wildman–Crippen MR) is 193 cm³/mol. The van der Waals surface area contributed by atoms with Gasteiger partial charge in [-0.1, -0.05) is 111 Å². The van der Waals surface area contributed by atoms with Gasteiger partial charge in [0.05, 0.1) is 6.61 Å². The Balaban J connectivity index is -0.00000315. The highest BCUT2D eigenvalue weighted by atomic mass is 19.1. The van der Waals surface area contributed by atoms with Crippen molar-refractivity contribution < 1.29 is 19.0 Å². The first-order chi connectivity index (χ1) is 20.7. The Kier molecular flexibility index (Phi) is 29.7. The van der Waals surface area contributed by atoms with E-state index in [-0.39, 0.29) is 30.9 Å². The number of hydrogen-bond donors (Lipinski definition) is 1. The summed E-state index contributed by atoms with van der Waals surface area (Å²) in [6.45, 7) is 34.6. The summed E-state index contributed by atoms with van der Waals surface area (Å²) in [6, 6.07) is 0. The van der Waals surface area contributed by atoms with E-state index in [4.69, 9.17) is 4.74 Å². The maximum atomic E-state index is 15.1. The number of hydrogen-bond acceptors (Lipinski definition) is 3. The molecule has 5 atom stereocenters. The van der Waals surface area contributed by atoms with Gasteiger partial charge < -0.3 is 9.84 Å². The zero-order valence-electron chi connectivity index (χ0n) is 31.1. The van der Waals surface area contributed by atoms with E-state index < -0.39 is 5.97 Å². The van der Waals surface area contributed by atoms with Crippen molar-refractivity contribution in [1.82, 2.24) is 0 Å². The second-order valence-electron chi connectivity index (χ2n) is 12.5. The fourth-order valence-corrected chi connectivity index (χ4v) is 4.13. The molecule has 0 heterocycles. The van der Waals surface area contributed by atoms with Crippen LogP contribution in [0.5, 0.6) is 0 Å². The molecule has 0 aliphatic carbocycles. The number of carbonyl (C=O) groups is 1. The van der Waals surface area contributed by atoms with E-state index in [1.54, 1.807) is 13.0 Å². The molecule has 5 unspecified atom stereocenters. The molecule has 0 fully saturated rings. The molecule has 0 saturated carbocycles. The SMILES string of the molecule is C=C/C(=C\C(F)=C(/C)C(C)CCC(C)C(C)CCC(C)/C(C)=C/C=C(\C)CC)CC(CO)COC(=O)C(=C)C.CC.CCC. The highest BCUT2D eigenvalue weighted by Gasteiger charge is 2.18. The maximum Gasteiger partial charge on any atom is 0.333 e. The normalized spacial score (nSPS) is 16.1. The molecule has 0 bridgehead atoms. The third kappa shape index (κ3) is 22.3. The number of halogens is 1. The van der Waals surface area contributed by atoms with E-state index in [9.17, 15) is 9.90 Å². The minimum Gasteiger partial charge on any atom is -0.462 e. The van der Waals surface area contributed by atoms with Crippen molar-refractivity contribution >= 4 is 5.97 Å². The molecular formula is C40H71FO3. The van der Waals surface area contributed by atoms with E-state index >= 15 is 4.39 Å². The molecular weight excluding hydrogens is 547 g/mol. The van der Waals surface area contributed by atoms with Gasteiger partial charge in [0.2, 0.25) is 0 Å². The van der Waals surface area contributed by atoms with Crippen LogP contribution in [0.2, 0.25) is 0 Å². The molecule has 1 N–H and O–H groups in total. The summed E-state index contributed by atoms with van der Waals surface area (Å²) in [5.74, 6) is 0.831. The Bertz CT molecular complexity index is 921. The molecule has 0 amide bonds. The molecule has 0 rings (SSSR count). The van der Waals surface area contributed by atoms with E-state index in [2.05, 4.69) is 87.6 Å². The fraction of sp³-hybridized carbons (Fsp3) is 0.675. The first-order valence-electron chi connectivity index (χ1n) is 17.1. The minimum absolute atomic E-state index is 0.0500. The van der Waals surface area contributed by atoms with Crippen molar-refractivity contribution in [2.75, 3.05) is 13.2 Å². The zero-order valence-corrected chi connectivity index (χ0v) is 31.1. The van der Waals surface area contributed by atoms with Gasteiger partial charge in [0.25, 0.3) is 0 Å². The number of carbonyl (C=O) groups excluding carboxylic acids is 1. The molecule has 4 heteroatoms. The third-order valence-corrected chi connectivity index (χ3v) is 8.32. The summed E-state index contributed by atoms with van der Waals surface area (Å²) in [5.41, 5.74) is 4.56. The van der Waals surface area contributed by atoms with Gasteiger partial charge >= 0.3 is 5.97 Å². The summed E-state index contributed by atoms with van der Waals surface area (Å²) in [6.07, 6.45) is 14.7. The van der Waals surface area contributed by atoms with Gasteiger partial charge in [0, 0.05) is 18.1 Å². The Labute approximate surface area is 273 Å². The van der Waals surface area contributed by atoms with Gasteiger partial charge in [0.1, 0.15) is 5.83 Å². The van der Waals surface area contributed by atoms with Crippen LogP contribution in [0.15, 0.2) is 71.2 Å². The minimum atomic E-state index is -0.492. The number of aliphatic hydroxyl groups is 1. The van der Waals surface area contributed by atoms with Crippen LogP contribution in [0.25, 0.3) is 0 Å². The Morgan fingerprint density at radius 2 is 1.39 bits per heavy atom. The van der Waals surface area contributed by atoms with Crippen LogP contribution in [0.1, 0.15) is 135 Å². The largest absolute Gasteiger partial charge is 0.462 e. The van der Waals surface area contributed by atoms with E-state index in [0.717, 1.165) is 24.8 Å². The van der Waals surface area contributed by atoms with Crippen molar-refractivity contribution in [1.29, 1.82) is 0 Å². The number of ether oxygens (including phenoxy) is 1. The molecule has 0 aliphatic rings. The fourth-order valence-electron chi connectivity index (χ4n) is 4.13. The number of rotatable bonds is 19. The van der Waals surface area contributed by atoms with E-state index in [0.29, 0.717) is 35.3 Å². The Hall–Kier alpha value is -2.20. The molecule has 0 radical (unpaired) electrons. The topological polar surface area (TPSA) is 46.5 Å². The number of aliphatic hydroxyl groups excluding tert-OH is 1. The van der Waals surface area contributed by atoms with E-state index in [1.807, 2.05) is 20.8 Å². The van der Waals surface area contributed by atoms with Crippen molar-refractivity contribution in [3.63, 3.8) is 0 Å². The second-order valence-corrected chi connectivity index (χ2v) is 12.5. The summed E-state index contributed by atoms with van der Waals surface area (Å²) in [4.78, 5) is 11.6. The van der Waals surface area contributed by atoms with Crippen LogP contribution in [0, 0.1) is 29.6 Å². The molecule has 256 valence electrons. The van der Waals surface area contributed by atoms with Gasteiger partial charge in [-0.25, -0.2) is 9.18 Å². The van der Waals surface area contributed by atoms with Crippen LogP contribution >= 0.6 is 0 Å². The van der Waals surface area contributed by atoms with Gasteiger partial charge in [-0.15, -0.1) is 0 Å². The molecule has 0 saturated heterocycles. The summed E-state index contributed by atoms with van der Waals surface area (Å²) in [5, 5.41) is 9.68. The summed E-state index contributed by atoms with van der Waals surface area (Å²) < 4.78 is 20.3. The van der Waals surface area contributed by atoms with Gasteiger partial charge in [-0.3, -0.25) is 0 Å². The highest BCUT2D eigenvalue weighted by molar-refractivity contribution is 5.86.